The lowest BCUT2D eigenvalue weighted by Gasteiger charge is -2.33. The van der Waals surface area contributed by atoms with Crippen molar-refractivity contribution in [1.29, 1.82) is 0 Å². The van der Waals surface area contributed by atoms with Gasteiger partial charge >= 0.3 is 0 Å². The van der Waals surface area contributed by atoms with Gasteiger partial charge in [0.1, 0.15) is 0 Å². The van der Waals surface area contributed by atoms with Crippen LogP contribution >= 0.6 is 11.3 Å². The lowest BCUT2D eigenvalue weighted by Crippen LogP contribution is -2.50. The molecule has 1 aliphatic heterocycles. The van der Waals surface area contributed by atoms with Gasteiger partial charge in [-0.25, -0.2) is 4.98 Å². The fourth-order valence-electron chi connectivity index (χ4n) is 3.09. The normalized spacial score (nSPS) is 30.3. The molecule has 1 aromatic rings. The molecule has 2 aliphatic rings. The number of rotatable bonds is 3. The molecule has 0 amide bonds. The molecule has 0 spiro atoms. The zero-order chi connectivity index (χ0) is 12.6. The number of hydrogen-bond donors (Lipinski definition) is 1. The highest BCUT2D eigenvalue weighted by atomic mass is 32.1. The van der Waals surface area contributed by atoms with Crippen LogP contribution in [0.1, 0.15) is 36.8 Å². The first-order valence-electron chi connectivity index (χ1n) is 7.04. The Morgan fingerprint density at radius 1 is 1.56 bits per heavy atom. The Morgan fingerprint density at radius 2 is 2.39 bits per heavy atom. The minimum Gasteiger partial charge on any atom is -0.310 e. The van der Waals surface area contributed by atoms with Crippen molar-refractivity contribution in [1.82, 2.24) is 15.2 Å². The zero-order valence-corrected chi connectivity index (χ0v) is 12.2. The molecule has 1 N–H and O–H groups in total. The van der Waals surface area contributed by atoms with E-state index in [1.807, 2.05) is 5.51 Å². The summed E-state index contributed by atoms with van der Waals surface area (Å²) in [7, 11) is 0. The summed E-state index contributed by atoms with van der Waals surface area (Å²) < 4.78 is 0. The number of aryl methyl sites for hydroxylation is 1. The van der Waals surface area contributed by atoms with Gasteiger partial charge in [-0.3, -0.25) is 4.90 Å². The standard InChI is InChI=1S/C14H23N3S/c1-11-13(18-10-15-11)8-17-7-3-6-16-14(2,9-17)12-4-5-12/h10,12,16H,3-9H2,1-2H3. The Morgan fingerprint density at radius 3 is 3.06 bits per heavy atom. The van der Waals surface area contributed by atoms with Crippen LogP contribution in [0.2, 0.25) is 0 Å². The summed E-state index contributed by atoms with van der Waals surface area (Å²) in [4.78, 5) is 8.43. The second-order valence-corrected chi connectivity index (χ2v) is 6.98. The van der Waals surface area contributed by atoms with Crippen LogP contribution in [0.15, 0.2) is 5.51 Å². The monoisotopic (exact) mass is 265 g/mol. The molecule has 3 rings (SSSR count). The summed E-state index contributed by atoms with van der Waals surface area (Å²) in [5.74, 6) is 0.903. The van der Waals surface area contributed by atoms with E-state index in [2.05, 4.69) is 29.0 Å². The summed E-state index contributed by atoms with van der Waals surface area (Å²) in [6.07, 6.45) is 4.09. The number of nitrogens with zero attached hydrogens (tertiary/aromatic N) is 2. The smallest absolute Gasteiger partial charge is 0.0798 e. The second-order valence-electron chi connectivity index (χ2n) is 6.04. The molecule has 18 heavy (non-hydrogen) atoms. The molecule has 1 unspecified atom stereocenters. The molecule has 0 radical (unpaired) electrons. The predicted molar refractivity (Wildman–Crippen MR) is 75.9 cm³/mol. The summed E-state index contributed by atoms with van der Waals surface area (Å²) in [5.41, 5.74) is 3.53. The Kier molecular flexibility index (Phi) is 3.43. The molecule has 2 fully saturated rings. The van der Waals surface area contributed by atoms with Gasteiger partial charge in [-0.1, -0.05) is 0 Å². The Balaban J connectivity index is 1.69. The highest BCUT2D eigenvalue weighted by molar-refractivity contribution is 7.09. The molecule has 0 aromatic carbocycles. The minimum atomic E-state index is 0.342. The van der Waals surface area contributed by atoms with Crippen molar-refractivity contribution >= 4 is 11.3 Å². The number of thiazole rings is 1. The molecule has 1 saturated heterocycles. The third-order valence-corrected chi connectivity index (χ3v) is 5.34. The predicted octanol–water partition coefficient (Wildman–Crippen LogP) is 2.42. The van der Waals surface area contributed by atoms with Crippen LogP contribution in [0.3, 0.4) is 0 Å². The Bertz CT molecular complexity index is 413. The molecule has 1 aliphatic carbocycles. The molecule has 1 atom stereocenters. The first kappa shape index (κ1) is 12.6. The van der Waals surface area contributed by atoms with Crippen molar-refractivity contribution in [3.63, 3.8) is 0 Å². The topological polar surface area (TPSA) is 28.2 Å². The molecular weight excluding hydrogens is 242 g/mol. The van der Waals surface area contributed by atoms with Crippen LogP contribution in [-0.4, -0.2) is 35.1 Å². The summed E-state index contributed by atoms with van der Waals surface area (Å²) >= 11 is 1.80. The Hall–Kier alpha value is -0.450. The zero-order valence-electron chi connectivity index (χ0n) is 11.4. The maximum atomic E-state index is 4.37. The largest absolute Gasteiger partial charge is 0.310 e. The fraction of sp³-hybridized carbons (Fsp3) is 0.786. The number of aromatic nitrogens is 1. The van der Waals surface area contributed by atoms with E-state index in [9.17, 15) is 0 Å². The summed E-state index contributed by atoms with van der Waals surface area (Å²) in [5, 5.41) is 3.79. The molecule has 100 valence electrons. The van der Waals surface area contributed by atoms with Gasteiger partial charge in [-0.15, -0.1) is 11.3 Å². The van der Waals surface area contributed by atoms with Crippen LogP contribution in [0, 0.1) is 12.8 Å². The van der Waals surface area contributed by atoms with Gasteiger partial charge in [-0.05, 0) is 52.1 Å². The average molecular weight is 265 g/mol. The SMILES string of the molecule is Cc1ncsc1CN1CCCNC(C)(C2CC2)C1. The highest BCUT2D eigenvalue weighted by Crippen LogP contribution is 2.40. The van der Waals surface area contributed by atoms with Crippen molar-refractivity contribution in [2.24, 2.45) is 5.92 Å². The molecule has 3 nitrogen and oxygen atoms in total. The van der Waals surface area contributed by atoms with Crippen molar-refractivity contribution in [2.75, 3.05) is 19.6 Å². The minimum absolute atomic E-state index is 0.342. The van der Waals surface area contributed by atoms with Crippen LogP contribution < -0.4 is 5.32 Å². The lowest BCUT2D eigenvalue weighted by atomic mass is 9.95. The molecule has 2 heterocycles. The van der Waals surface area contributed by atoms with Crippen LogP contribution in [0.5, 0.6) is 0 Å². The van der Waals surface area contributed by atoms with Crippen molar-refractivity contribution in [3.05, 3.63) is 16.1 Å². The molecular formula is C14H23N3S. The van der Waals surface area contributed by atoms with Gasteiger partial charge in [0.25, 0.3) is 0 Å². The van der Waals surface area contributed by atoms with E-state index in [1.54, 1.807) is 11.3 Å². The lowest BCUT2D eigenvalue weighted by molar-refractivity contribution is 0.196. The van der Waals surface area contributed by atoms with Gasteiger partial charge in [-0.2, -0.15) is 0 Å². The Labute approximate surface area is 114 Å². The summed E-state index contributed by atoms with van der Waals surface area (Å²) in [6, 6.07) is 0. The van der Waals surface area contributed by atoms with Crippen molar-refractivity contribution in [2.45, 2.75) is 45.2 Å². The van der Waals surface area contributed by atoms with Crippen molar-refractivity contribution in [3.8, 4) is 0 Å². The van der Waals surface area contributed by atoms with Crippen LogP contribution in [0.25, 0.3) is 0 Å². The van der Waals surface area contributed by atoms with Crippen molar-refractivity contribution < 1.29 is 0 Å². The molecule has 0 bridgehead atoms. The third kappa shape index (κ3) is 2.60. The molecule has 4 heteroatoms. The van der Waals surface area contributed by atoms with Gasteiger partial charge < -0.3 is 5.32 Å². The quantitative estimate of drug-likeness (QED) is 0.910. The van der Waals surface area contributed by atoms with E-state index in [0.717, 1.165) is 12.5 Å². The van der Waals surface area contributed by atoms with Gasteiger partial charge in [0, 0.05) is 23.5 Å². The second kappa shape index (κ2) is 4.91. The molecule has 1 aromatic heterocycles. The van der Waals surface area contributed by atoms with E-state index in [-0.39, 0.29) is 0 Å². The maximum Gasteiger partial charge on any atom is 0.0798 e. The summed E-state index contributed by atoms with van der Waals surface area (Å²) in [6.45, 7) is 9.21. The fourth-order valence-corrected chi connectivity index (χ4v) is 3.90. The van der Waals surface area contributed by atoms with E-state index in [0.29, 0.717) is 5.54 Å². The van der Waals surface area contributed by atoms with E-state index in [1.165, 1.54) is 49.5 Å². The first-order chi connectivity index (χ1) is 8.67. The molecule has 1 saturated carbocycles. The van der Waals surface area contributed by atoms with E-state index in [4.69, 9.17) is 0 Å². The van der Waals surface area contributed by atoms with Crippen LogP contribution in [-0.2, 0) is 6.54 Å². The highest BCUT2D eigenvalue weighted by Gasteiger charge is 2.42. The van der Waals surface area contributed by atoms with Gasteiger partial charge in [0.15, 0.2) is 0 Å². The maximum absolute atomic E-state index is 4.37. The van der Waals surface area contributed by atoms with Gasteiger partial charge in [0.2, 0.25) is 0 Å². The third-order valence-electron chi connectivity index (χ3n) is 4.42. The van der Waals surface area contributed by atoms with E-state index >= 15 is 0 Å². The average Bonchev–Trinajstić information content (AvgIpc) is 3.12. The number of hydrogen-bond acceptors (Lipinski definition) is 4. The van der Waals surface area contributed by atoms with Gasteiger partial charge in [0.05, 0.1) is 11.2 Å². The first-order valence-corrected chi connectivity index (χ1v) is 7.92. The number of nitrogens with one attached hydrogen (secondary N) is 1. The van der Waals surface area contributed by atoms with Crippen LogP contribution in [0.4, 0.5) is 0 Å². The van der Waals surface area contributed by atoms with E-state index < -0.39 is 0 Å².